The van der Waals surface area contributed by atoms with Gasteiger partial charge in [-0.25, -0.2) is 0 Å². The van der Waals surface area contributed by atoms with Gasteiger partial charge >= 0.3 is 0 Å². The van der Waals surface area contributed by atoms with Gasteiger partial charge < -0.3 is 9.47 Å². The summed E-state index contributed by atoms with van der Waals surface area (Å²) < 4.78 is 11.7. The van der Waals surface area contributed by atoms with Gasteiger partial charge in [-0.15, -0.1) is 0 Å². The van der Waals surface area contributed by atoms with Crippen LogP contribution in [0.4, 0.5) is 0 Å². The zero-order chi connectivity index (χ0) is 7.14. The molecule has 2 rings (SSSR count). The van der Waals surface area contributed by atoms with E-state index in [0.717, 1.165) is 13.2 Å². The van der Waals surface area contributed by atoms with Gasteiger partial charge in [0.05, 0.1) is 29.3 Å². The Bertz CT molecular complexity index is 124. The average molecular weight is 254 g/mol. The fourth-order valence-corrected chi connectivity index (χ4v) is 2.47. The van der Waals surface area contributed by atoms with Crippen molar-refractivity contribution in [2.24, 2.45) is 5.92 Å². The second-order valence-electron chi connectivity index (χ2n) is 3.09. The number of hydrogen-bond acceptors (Lipinski definition) is 2. The molecule has 0 aliphatic carbocycles. The van der Waals surface area contributed by atoms with E-state index in [9.17, 15) is 0 Å². The number of rotatable bonds is 0. The minimum atomic E-state index is 0.385. The lowest BCUT2D eigenvalue weighted by molar-refractivity contribution is 0.0661. The quantitative estimate of drug-likeness (QED) is 0.478. The molecule has 0 aromatic rings. The minimum Gasteiger partial charge on any atom is -0.374 e. The molecule has 2 nitrogen and oxygen atoms in total. The molecule has 2 fully saturated rings. The molecule has 2 saturated heterocycles. The van der Waals surface area contributed by atoms with E-state index in [2.05, 4.69) is 29.5 Å². The summed E-state index contributed by atoms with van der Waals surface area (Å²) in [5.41, 5.74) is 0. The molecule has 0 unspecified atom stereocenters. The van der Waals surface area contributed by atoms with Crippen molar-refractivity contribution in [1.82, 2.24) is 0 Å². The van der Waals surface area contributed by atoms with E-state index in [1.54, 1.807) is 0 Å². The van der Waals surface area contributed by atoms with Crippen molar-refractivity contribution in [3.05, 3.63) is 0 Å². The van der Waals surface area contributed by atoms with E-state index in [1.807, 2.05) is 0 Å². The van der Waals surface area contributed by atoms with Crippen LogP contribution >= 0.6 is 22.6 Å². The van der Waals surface area contributed by atoms with E-state index in [-0.39, 0.29) is 0 Å². The van der Waals surface area contributed by atoms with Gasteiger partial charge in [-0.05, 0) is 0 Å². The Labute approximate surface area is 74.4 Å². The molecular formula is C7H11IO2. The van der Waals surface area contributed by atoms with E-state index < -0.39 is 0 Å². The SMILES string of the molecule is C[C@@H]1CO[C@H]2[C@@H]1OC[C@H]2I. The van der Waals surface area contributed by atoms with Crippen LogP contribution in [-0.2, 0) is 9.47 Å². The summed E-state index contributed by atoms with van der Waals surface area (Å²) in [7, 11) is 0. The lowest BCUT2D eigenvalue weighted by Gasteiger charge is -2.10. The van der Waals surface area contributed by atoms with Crippen LogP contribution in [0.1, 0.15) is 6.92 Å². The smallest absolute Gasteiger partial charge is 0.0979 e. The first-order valence-electron chi connectivity index (χ1n) is 3.66. The maximum atomic E-state index is 5.57. The molecule has 0 amide bonds. The molecule has 58 valence electrons. The molecule has 0 spiro atoms. The van der Waals surface area contributed by atoms with Gasteiger partial charge in [-0.2, -0.15) is 0 Å². The molecule has 10 heavy (non-hydrogen) atoms. The second-order valence-corrected chi connectivity index (χ2v) is 4.69. The summed E-state index contributed by atoms with van der Waals surface area (Å²) in [4.78, 5) is 0. The van der Waals surface area contributed by atoms with Gasteiger partial charge in [-0.1, -0.05) is 29.5 Å². The third-order valence-corrected chi connectivity index (χ3v) is 3.31. The highest BCUT2D eigenvalue weighted by molar-refractivity contribution is 14.1. The number of ether oxygens (including phenoxy) is 2. The van der Waals surface area contributed by atoms with Crippen LogP contribution in [0, 0.1) is 5.92 Å². The van der Waals surface area contributed by atoms with Gasteiger partial charge in [0.2, 0.25) is 0 Å². The van der Waals surface area contributed by atoms with Gasteiger partial charge in [0, 0.05) is 5.92 Å². The summed E-state index contributed by atoms with van der Waals surface area (Å²) >= 11 is 2.41. The number of alkyl halides is 1. The van der Waals surface area contributed by atoms with Crippen molar-refractivity contribution in [3.8, 4) is 0 Å². The molecule has 0 aromatic carbocycles. The van der Waals surface area contributed by atoms with Crippen LogP contribution in [0.3, 0.4) is 0 Å². The third kappa shape index (κ3) is 0.987. The topological polar surface area (TPSA) is 18.5 Å². The first-order chi connectivity index (χ1) is 4.79. The Morgan fingerprint density at radius 1 is 1.20 bits per heavy atom. The van der Waals surface area contributed by atoms with Crippen molar-refractivity contribution in [1.29, 1.82) is 0 Å². The van der Waals surface area contributed by atoms with Gasteiger partial charge in [0.25, 0.3) is 0 Å². The predicted octanol–water partition coefficient (Wildman–Crippen LogP) is 1.22. The standard InChI is InChI=1S/C7H11IO2/c1-4-2-9-7-5(8)3-10-6(4)7/h4-7H,2-3H2,1H3/t4-,5-,6-,7-/m1/s1. The Hall–Kier alpha value is 0.650. The lowest BCUT2D eigenvalue weighted by Crippen LogP contribution is -2.24. The zero-order valence-corrected chi connectivity index (χ0v) is 8.08. The lowest BCUT2D eigenvalue weighted by atomic mass is 10.1. The Morgan fingerprint density at radius 3 is 2.60 bits per heavy atom. The highest BCUT2D eigenvalue weighted by atomic mass is 127. The molecule has 0 bridgehead atoms. The Balaban J connectivity index is 2.09. The van der Waals surface area contributed by atoms with E-state index >= 15 is 0 Å². The minimum absolute atomic E-state index is 0.385. The maximum Gasteiger partial charge on any atom is 0.0979 e. The van der Waals surface area contributed by atoms with E-state index in [0.29, 0.717) is 22.1 Å². The van der Waals surface area contributed by atoms with Crippen LogP contribution in [0.2, 0.25) is 0 Å². The molecule has 4 atom stereocenters. The van der Waals surface area contributed by atoms with E-state index in [4.69, 9.17) is 9.47 Å². The summed E-state index contributed by atoms with van der Waals surface area (Å²) in [5, 5.41) is 0. The molecule has 0 saturated carbocycles. The molecule has 2 heterocycles. The van der Waals surface area contributed by atoms with Crippen molar-refractivity contribution >= 4 is 22.6 Å². The molecule has 2 aliphatic heterocycles. The monoisotopic (exact) mass is 254 g/mol. The first-order valence-corrected chi connectivity index (χ1v) is 4.91. The first kappa shape index (κ1) is 7.31. The van der Waals surface area contributed by atoms with Crippen molar-refractivity contribution < 1.29 is 9.47 Å². The Kier molecular flexibility index (Phi) is 1.90. The largest absolute Gasteiger partial charge is 0.374 e. The summed E-state index contributed by atoms with van der Waals surface area (Å²) in [6, 6.07) is 0. The molecule has 0 aromatic heterocycles. The Morgan fingerprint density at radius 2 is 1.90 bits per heavy atom. The molecule has 0 radical (unpaired) electrons. The maximum absolute atomic E-state index is 5.57. The average Bonchev–Trinajstić information content (AvgIpc) is 2.41. The van der Waals surface area contributed by atoms with Crippen LogP contribution < -0.4 is 0 Å². The summed E-state index contributed by atoms with van der Waals surface area (Å²) in [6.45, 7) is 3.95. The van der Waals surface area contributed by atoms with Gasteiger partial charge in [-0.3, -0.25) is 0 Å². The molecule has 3 heteroatoms. The molecule has 0 N–H and O–H groups in total. The second kappa shape index (κ2) is 2.60. The molecule has 2 aliphatic rings. The van der Waals surface area contributed by atoms with Gasteiger partial charge in [0.1, 0.15) is 0 Å². The van der Waals surface area contributed by atoms with Crippen molar-refractivity contribution in [2.45, 2.75) is 23.1 Å². The fourth-order valence-electron chi connectivity index (χ4n) is 1.64. The van der Waals surface area contributed by atoms with Gasteiger partial charge in [0.15, 0.2) is 0 Å². The van der Waals surface area contributed by atoms with Crippen LogP contribution in [-0.4, -0.2) is 29.3 Å². The van der Waals surface area contributed by atoms with Crippen molar-refractivity contribution in [2.75, 3.05) is 13.2 Å². The third-order valence-electron chi connectivity index (χ3n) is 2.24. The normalized spacial score (nSPS) is 53.4. The number of hydrogen-bond donors (Lipinski definition) is 0. The zero-order valence-electron chi connectivity index (χ0n) is 5.92. The molecular weight excluding hydrogens is 243 g/mol. The predicted molar refractivity (Wildman–Crippen MR) is 46.5 cm³/mol. The number of halogens is 1. The summed E-state index contributed by atoms with van der Waals surface area (Å²) in [5.74, 6) is 0.602. The van der Waals surface area contributed by atoms with E-state index in [1.165, 1.54) is 0 Å². The number of fused-ring (bicyclic) bond motifs is 1. The highest BCUT2D eigenvalue weighted by Gasteiger charge is 2.44. The van der Waals surface area contributed by atoms with Crippen LogP contribution in [0.25, 0.3) is 0 Å². The van der Waals surface area contributed by atoms with Crippen molar-refractivity contribution in [3.63, 3.8) is 0 Å². The highest BCUT2D eigenvalue weighted by Crippen LogP contribution is 2.34. The van der Waals surface area contributed by atoms with Crippen LogP contribution in [0.5, 0.6) is 0 Å². The summed E-state index contributed by atoms with van der Waals surface area (Å²) in [6.07, 6.45) is 0.775. The van der Waals surface area contributed by atoms with Crippen LogP contribution in [0.15, 0.2) is 0 Å². The fraction of sp³-hybridized carbons (Fsp3) is 1.00.